The smallest absolute Gasteiger partial charge is 0.326 e. The summed E-state index contributed by atoms with van der Waals surface area (Å²) < 4.78 is 0. The first-order valence-corrected chi connectivity index (χ1v) is 4.42. The summed E-state index contributed by atoms with van der Waals surface area (Å²) in [6.07, 6.45) is 1.31. The standard InChI is InChI=1S/C10H8N2O4/c13-6-2-1-5(8(14)4-6)3-7-9(15)12-10(16)11-7/h1-4,13-14H,(H2,11,12,15,16). The normalized spacial score (nSPS) is 17.4. The van der Waals surface area contributed by atoms with Crippen LogP contribution in [0.3, 0.4) is 0 Å². The Morgan fingerprint density at radius 1 is 1.12 bits per heavy atom. The lowest BCUT2D eigenvalue weighted by Crippen LogP contribution is -2.22. The third kappa shape index (κ3) is 1.81. The van der Waals surface area contributed by atoms with Crippen LogP contribution in [0.15, 0.2) is 23.9 Å². The average Bonchev–Trinajstić information content (AvgIpc) is 2.50. The Balaban J connectivity index is 2.36. The van der Waals surface area contributed by atoms with Crippen LogP contribution in [-0.4, -0.2) is 22.2 Å². The van der Waals surface area contributed by atoms with Crippen molar-refractivity contribution >= 4 is 18.0 Å². The lowest BCUT2D eigenvalue weighted by Gasteiger charge is -2.00. The highest BCUT2D eigenvalue weighted by molar-refractivity contribution is 6.14. The van der Waals surface area contributed by atoms with Gasteiger partial charge >= 0.3 is 6.03 Å². The molecule has 0 saturated carbocycles. The van der Waals surface area contributed by atoms with Crippen molar-refractivity contribution in [3.8, 4) is 11.5 Å². The molecule has 16 heavy (non-hydrogen) atoms. The molecule has 1 aromatic carbocycles. The second-order valence-electron chi connectivity index (χ2n) is 3.21. The predicted octanol–water partition coefficient (Wildman–Crippen LogP) is 0.278. The number of imide groups is 1. The quantitative estimate of drug-likeness (QED) is 0.403. The summed E-state index contributed by atoms with van der Waals surface area (Å²) in [6.45, 7) is 0. The molecule has 0 bridgehead atoms. The van der Waals surface area contributed by atoms with Crippen molar-refractivity contribution in [1.29, 1.82) is 0 Å². The van der Waals surface area contributed by atoms with Crippen LogP contribution in [-0.2, 0) is 4.79 Å². The maximum atomic E-state index is 11.2. The highest BCUT2D eigenvalue weighted by Gasteiger charge is 2.23. The lowest BCUT2D eigenvalue weighted by molar-refractivity contribution is -0.115. The van der Waals surface area contributed by atoms with E-state index in [-0.39, 0.29) is 17.2 Å². The molecule has 1 aliphatic rings. The fraction of sp³-hybridized carbons (Fsp3) is 0. The number of aromatic hydroxyl groups is 2. The third-order valence-corrected chi connectivity index (χ3v) is 2.03. The maximum absolute atomic E-state index is 11.2. The number of nitrogens with one attached hydrogen (secondary N) is 2. The number of hydrogen-bond donors (Lipinski definition) is 4. The first-order valence-electron chi connectivity index (χ1n) is 4.42. The van der Waals surface area contributed by atoms with Gasteiger partial charge in [-0.15, -0.1) is 0 Å². The Morgan fingerprint density at radius 2 is 1.88 bits per heavy atom. The van der Waals surface area contributed by atoms with Gasteiger partial charge in [-0.25, -0.2) is 4.79 Å². The fourth-order valence-electron chi connectivity index (χ4n) is 1.29. The molecule has 82 valence electrons. The molecule has 1 aromatic rings. The van der Waals surface area contributed by atoms with Crippen LogP contribution in [0.2, 0.25) is 0 Å². The Hall–Kier alpha value is -2.50. The molecule has 0 unspecified atom stereocenters. The molecule has 0 spiro atoms. The van der Waals surface area contributed by atoms with Crippen molar-refractivity contribution in [2.75, 3.05) is 0 Å². The second-order valence-corrected chi connectivity index (χ2v) is 3.21. The maximum Gasteiger partial charge on any atom is 0.326 e. The average molecular weight is 220 g/mol. The van der Waals surface area contributed by atoms with Crippen LogP contribution in [0.5, 0.6) is 11.5 Å². The number of carbonyl (C=O) groups excluding carboxylic acids is 2. The molecule has 0 aromatic heterocycles. The van der Waals surface area contributed by atoms with Crippen LogP contribution in [0, 0.1) is 0 Å². The zero-order chi connectivity index (χ0) is 11.7. The topological polar surface area (TPSA) is 98.7 Å². The van der Waals surface area contributed by atoms with Gasteiger partial charge in [0.1, 0.15) is 17.2 Å². The summed E-state index contributed by atoms with van der Waals surface area (Å²) in [5, 5.41) is 22.8. The van der Waals surface area contributed by atoms with E-state index in [1.807, 2.05) is 5.32 Å². The summed E-state index contributed by atoms with van der Waals surface area (Å²) in [7, 11) is 0. The van der Waals surface area contributed by atoms with E-state index in [1.165, 1.54) is 18.2 Å². The zero-order valence-electron chi connectivity index (χ0n) is 8.02. The third-order valence-electron chi connectivity index (χ3n) is 2.03. The van der Waals surface area contributed by atoms with Crippen LogP contribution in [0.4, 0.5) is 4.79 Å². The number of rotatable bonds is 1. The second kappa shape index (κ2) is 3.58. The number of carbonyl (C=O) groups is 2. The molecule has 0 aliphatic carbocycles. The van der Waals surface area contributed by atoms with Gasteiger partial charge in [-0.3, -0.25) is 10.1 Å². The summed E-state index contributed by atoms with van der Waals surface area (Å²) in [5.74, 6) is -0.821. The minimum absolute atomic E-state index is 0.0472. The van der Waals surface area contributed by atoms with Gasteiger partial charge in [-0.2, -0.15) is 0 Å². The molecule has 4 N–H and O–H groups in total. The predicted molar refractivity (Wildman–Crippen MR) is 54.4 cm³/mol. The van der Waals surface area contributed by atoms with Gasteiger partial charge in [-0.05, 0) is 18.2 Å². The summed E-state index contributed by atoms with van der Waals surface area (Å²) in [6, 6.07) is 3.33. The molecule has 6 nitrogen and oxygen atoms in total. The Morgan fingerprint density at radius 3 is 2.44 bits per heavy atom. The summed E-state index contributed by atoms with van der Waals surface area (Å²) in [5.41, 5.74) is 0.371. The van der Waals surface area contributed by atoms with Gasteiger partial charge in [0.2, 0.25) is 0 Å². The molecule has 1 saturated heterocycles. The molecular weight excluding hydrogens is 212 g/mol. The number of hydrogen-bond acceptors (Lipinski definition) is 4. The minimum Gasteiger partial charge on any atom is -0.508 e. The van der Waals surface area contributed by atoms with Crippen molar-refractivity contribution in [3.63, 3.8) is 0 Å². The van der Waals surface area contributed by atoms with Crippen LogP contribution in [0.1, 0.15) is 5.56 Å². The van der Waals surface area contributed by atoms with Crippen LogP contribution in [0.25, 0.3) is 6.08 Å². The van der Waals surface area contributed by atoms with Gasteiger partial charge < -0.3 is 15.5 Å². The molecule has 1 aliphatic heterocycles. The van der Waals surface area contributed by atoms with E-state index in [0.29, 0.717) is 5.56 Å². The Kier molecular flexibility index (Phi) is 2.24. The number of phenols is 2. The number of amides is 3. The highest BCUT2D eigenvalue weighted by Crippen LogP contribution is 2.24. The molecule has 3 amide bonds. The van der Waals surface area contributed by atoms with Gasteiger partial charge in [0, 0.05) is 11.6 Å². The van der Waals surface area contributed by atoms with Gasteiger partial charge in [0.05, 0.1) is 0 Å². The lowest BCUT2D eigenvalue weighted by atomic mass is 10.1. The van der Waals surface area contributed by atoms with E-state index < -0.39 is 11.9 Å². The number of phenolic OH excluding ortho intramolecular Hbond substituents is 2. The van der Waals surface area contributed by atoms with Gasteiger partial charge in [0.15, 0.2) is 0 Å². The van der Waals surface area contributed by atoms with Gasteiger partial charge in [0.25, 0.3) is 5.91 Å². The molecule has 2 rings (SSSR count). The number of urea groups is 1. The van der Waals surface area contributed by atoms with E-state index in [1.54, 1.807) is 0 Å². The molecule has 6 heteroatoms. The van der Waals surface area contributed by atoms with E-state index in [2.05, 4.69) is 5.32 Å². The van der Waals surface area contributed by atoms with Crippen molar-refractivity contribution in [2.24, 2.45) is 0 Å². The van der Waals surface area contributed by atoms with Crippen molar-refractivity contribution in [1.82, 2.24) is 10.6 Å². The molecule has 1 fully saturated rings. The fourth-order valence-corrected chi connectivity index (χ4v) is 1.29. The van der Waals surface area contributed by atoms with E-state index in [0.717, 1.165) is 6.07 Å². The Bertz CT molecular complexity index is 508. The van der Waals surface area contributed by atoms with Crippen molar-refractivity contribution < 1.29 is 19.8 Å². The van der Waals surface area contributed by atoms with Gasteiger partial charge in [-0.1, -0.05) is 0 Å². The van der Waals surface area contributed by atoms with Crippen LogP contribution >= 0.6 is 0 Å². The monoisotopic (exact) mass is 220 g/mol. The highest BCUT2D eigenvalue weighted by atomic mass is 16.3. The first kappa shape index (κ1) is 10.0. The number of benzene rings is 1. The summed E-state index contributed by atoms with van der Waals surface area (Å²) in [4.78, 5) is 22.0. The zero-order valence-corrected chi connectivity index (χ0v) is 8.02. The SMILES string of the molecule is O=C1NC(=O)C(=Cc2ccc(O)cc2O)N1. The molecule has 0 atom stereocenters. The minimum atomic E-state index is -0.602. The van der Waals surface area contributed by atoms with E-state index in [4.69, 9.17) is 5.11 Å². The molecule has 1 heterocycles. The molecular formula is C10H8N2O4. The Labute approximate surface area is 90.2 Å². The first-order chi connectivity index (χ1) is 7.56. The van der Waals surface area contributed by atoms with E-state index >= 15 is 0 Å². The summed E-state index contributed by atoms with van der Waals surface area (Å²) >= 11 is 0. The largest absolute Gasteiger partial charge is 0.508 e. The van der Waals surface area contributed by atoms with E-state index in [9.17, 15) is 14.7 Å². The van der Waals surface area contributed by atoms with Crippen molar-refractivity contribution in [2.45, 2.75) is 0 Å². The molecule has 0 radical (unpaired) electrons. The van der Waals surface area contributed by atoms with Crippen molar-refractivity contribution in [3.05, 3.63) is 29.5 Å². The van der Waals surface area contributed by atoms with Crippen LogP contribution < -0.4 is 10.6 Å².